The van der Waals surface area contributed by atoms with Crippen molar-refractivity contribution < 1.29 is 0 Å². The molecule has 1 aromatic rings. The lowest BCUT2D eigenvalue weighted by atomic mass is 10.0. The number of rotatable bonds is 4. The van der Waals surface area contributed by atoms with Gasteiger partial charge in [-0.25, -0.2) is 4.68 Å². The molecular weight excluding hydrogens is 212 g/mol. The molecule has 0 saturated heterocycles. The minimum atomic E-state index is 0.343. The predicted molar refractivity (Wildman–Crippen MR) is 68.5 cm³/mol. The highest BCUT2D eigenvalue weighted by Gasteiger charge is 2.67. The summed E-state index contributed by atoms with van der Waals surface area (Å²) in [5.41, 5.74) is 1.94. The molecule has 0 amide bonds. The first kappa shape index (κ1) is 12.6. The third kappa shape index (κ3) is 1.61. The number of hydrogen-bond donors (Lipinski definition) is 1. The third-order valence-electron chi connectivity index (χ3n) is 5.04. The van der Waals surface area contributed by atoms with E-state index < -0.39 is 0 Å². The topological polar surface area (TPSA) is 42.7 Å². The van der Waals surface area contributed by atoms with Gasteiger partial charge in [-0.05, 0) is 30.7 Å². The molecule has 4 heteroatoms. The number of aromatic nitrogens is 3. The molecule has 0 aliphatic heterocycles. The summed E-state index contributed by atoms with van der Waals surface area (Å²) in [7, 11) is 2.03. The summed E-state index contributed by atoms with van der Waals surface area (Å²) in [6.45, 7) is 12.4. The molecule has 1 aliphatic carbocycles. The van der Waals surface area contributed by atoms with E-state index in [2.05, 4.69) is 50.2 Å². The summed E-state index contributed by atoms with van der Waals surface area (Å²) in [5.74, 6) is 0.629. The van der Waals surface area contributed by atoms with Crippen molar-refractivity contribution in [1.82, 2.24) is 20.3 Å². The number of hydrogen-bond acceptors (Lipinski definition) is 3. The van der Waals surface area contributed by atoms with Gasteiger partial charge >= 0.3 is 0 Å². The maximum Gasteiger partial charge on any atom is 0.0759 e. The standard InChI is InChI=1S/C13H24N4/c1-7-17-9(8-15-16-17)10(14-6)11-12(2,3)13(11,4)5/h8,10-11,14H,7H2,1-6H3. The maximum atomic E-state index is 4.14. The molecule has 0 aromatic carbocycles. The Labute approximate surface area is 104 Å². The van der Waals surface area contributed by atoms with Crippen LogP contribution in [0, 0.1) is 16.7 Å². The SMILES string of the molecule is CCn1nncc1C(NC)C1C(C)(C)C1(C)C. The molecule has 1 aromatic heterocycles. The van der Waals surface area contributed by atoms with E-state index in [4.69, 9.17) is 0 Å². The number of nitrogens with zero attached hydrogens (tertiary/aromatic N) is 3. The van der Waals surface area contributed by atoms with Gasteiger partial charge in [-0.2, -0.15) is 0 Å². The fraction of sp³-hybridized carbons (Fsp3) is 0.846. The highest BCUT2D eigenvalue weighted by Crippen LogP contribution is 2.72. The van der Waals surface area contributed by atoms with Crippen LogP contribution in [0.3, 0.4) is 0 Å². The van der Waals surface area contributed by atoms with Gasteiger partial charge in [-0.15, -0.1) is 5.10 Å². The van der Waals surface area contributed by atoms with Gasteiger partial charge in [0, 0.05) is 6.54 Å². The minimum absolute atomic E-state index is 0.343. The van der Waals surface area contributed by atoms with Crippen molar-refractivity contribution in [2.75, 3.05) is 7.05 Å². The van der Waals surface area contributed by atoms with Crippen LogP contribution >= 0.6 is 0 Å². The van der Waals surface area contributed by atoms with E-state index in [0.717, 1.165) is 6.54 Å². The van der Waals surface area contributed by atoms with Gasteiger partial charge in [0.15, 0.2) is 0 Å². The van der Waals surface area contributed by atoms with Crippen LogP contribution in [-0.4, -0.2) is 22.0 Å². The first-order chi connectivity index (χ1) is 7.87. The maximum absolute atomic E-state index is 4.14. The Morgan fingerprint density at radius 3 is 2.35 bits per heavy atom. The highest BCUT2D eigenvalue weighted by atomic mass is 15.4. The molecule has 0 bridgehead atoms. The molecule has 0 spiro atoms. The van der Waals surface area contributed by atoms with E-state index >= 15 is 0 Å². The normalized spacial score (nSPS) is 23.6. The average Bonchev–Trinajstić information content (AvgIpc) is 2.65. The second kappa shape index (κ2) is 3.80. The Bertz CT molecular complexity index is 391. The van der Waals surface area contributed by atoms with Crippen LogP contribution in [0.4, 0.5) is 0 Å². The van der Waals surface area contributed by atoms with E-state index in [1.165, 1.54) is 5.69 Å². The zero-order valence-electron chi connectivity index (χ0n) is 11.8. The van der Waals surface area contributed by atoms with Crippen molar-refractivity contribution in [2.24, 2.45) is 16.7 Å². The second-order valence-corrected chi connectivity index (χ2v) is 6.16. The molecule has 1 heterocycles. The second-order valence-electron chi connectivity index (χ2n) is 6.16. The average molecular weight is 236 g/mol. The Hall–Kier alpha value is -0.900. The molecule has 2 rings (SSSR count). The van der Waals surface area contributed by atoms with Gasteiger partial charge in [0.2, 0.25) is 0 Å². The molecule has 17 heavy (non-hydrogen) atoms. The fourth-order valence-corrected chi connectivity index (χ4v) is 3.32. The quantitative estimate of drug-likeness (QED) is 0.872. The monoisotopic (exact) mass is 236 g/mol. The zero-order chi connectivity index (χ0) is 12.8. The lowest BCUT2D eigenvalue weighted by molar-refractivity contribution is 0.406. The molecule has 4 nitrogen and oxygen atoms in total. The van der Waals surface area contributed by atoms with Crippen molar-refractivity contribution in [3.63, 3.8) is 0 Å². The molecule has 1 saturated carbocycles. The van der Waals surface area contributed by atoms with E-state index in [1.54, 1.807) is 0 Å². The van der Waals surface area contributed by atoms with Crippen LogP contribution in [0.25, 0.3) is 0 Å². The Morgan fingerprint density at radius 1 is 1.35 bits per heavy atom. The van der Waals surface area contributed by atoms with Crippen LogP contribution in [0.5, 0.6) is 0 Å². The molecule has 0 radical (unpaired) electrons. The van der Waals surface area contributed by atoms with E-state index in [-0.39, 0.29) is 0 Å². The molecule has 1 unspecified atom stereocenters. The Balaban J connectivity index is 2.31. The van der Waals surface area contributed by atoms with Crippen molar-refractivity contribution in [3.05, 3.63) is 11.9 Å². The molecule has 1 atom stereocenters. The van der Waals surface area contributed by atoms with Crippen LogP contribution in [0.1, 0.15) is 46.4 Å². The molecule has 1 fully saturated rings. The van der Waals surface area contributed by atoms with Crippen LogP contribution in [0.15, 0.2) is 6.20 Å². The van der Waals surface area contributed by atoms with Crippen LogP contribution in [0.2, 0.25) is 0 Å². The Morgan fingerprint density at radius 2 is 1.94 bits per heavy atom. The summed E-state index contributed by atoms with van der Waals surface area (Å²) < 4.78 is 1.99. The van der Waals surface area contributed by atoms with Crippen LogP contribution in [-0.2, 0) is 6.54 Å². The lowest BCUT2D eigenvalue weighted by Gasteiger charge is -2.18. The van der Waals surface area contributed by atoms with Gasteiger partial charge in [0.05, 0.1) is 17.9 Å². The van der Waals surface area contributed by atoms with Crippen molar-refractivity contribution in [1.29, 1.82) is 0 Å². The highest BCUT2D eigenvalue weighted by molar-refractivity contribution is 5.21. The first-order valence-electron chi connectivity index (χ1n) is 6.43. The van der Waals surface area contributed by atoms with E-state index in [0.29, 0.717) is 22.8 Å². The lowest BCUT2D eigenvalue weighted by Crippen LogP contribution is -2.24. The first-order valence-corrected chi connectivity index (χ1v) is 6.43. The van der Waals surface area contributed by atoms with Gasteiger partial charge in [-0.3, -0.25) is 0 Å². The molecule has 1 aliphatic rings. The van der Waals surface area contributed by atoms with E-state index in [1.807, 2.05) is 17.9 Å². The third-order valence-corrected chi connectivity index (χ3v) is 5.04. The predicted octanol–water partition coefficient (Wildman–Crippen LogP) is 2.24. The van der Waals surface area contributed by atoms with Crippen molar-refractivity contribution in [3.8, 4) is 0 Å². The smallest absolute Gasteiger partial charge is 0.0759 e. The van der Waals surface area contributed by atoms with Crippen molar-refractivity contribution >= 4 is 0 Å². The molecule has 1 N–H and O–H groups in total. The van der Waals surface area contributed by atoms with Gasteiger partial charge in [0.1, 0.15) is 0 Å². The number of aryl methyl sites for hydroxylation is 1. The van der Waals surface area contributed by atoms with Gasteiger partial charge in [-0.1, -0.05) is 32.9 Å². The summed E-state index contributed by atoms with van der Waals surface area (Å²) in [4.78, 5) is 0. The summed E-state index contributed by atoms with van der Waals surface area (Å²) in [6, 6.07) is 0.343. The fourth-order valence-electron chi connectivity index (χ4n) is 3.32. The molecule has 96 valence electrons. The van der Waals surface area contributed by atoms with E-state index in [9.17, 15) is 0 Å². The van der Waals surface area contributed by atoms with Gasteiger partial charge < -0.3 is 5.32 Å². The summed E-state index contributed by atoms with van der Waals surface area (Å²) in [5, 5.41) is 11.6. The Kier molecular flexibility index (Phi) is 2.81. The molecular formula is C13H24N4. The summed E-state index contributed by atoms with van der Waals surface area (Å²) >= 11 is 0. The van der Waals surface area contributed by atoms with Crippen LogP contribution < -0.4 is 5.32 Å². The summed E-state index contributed by atoms with van der Waals surface area (Å²) in [6.07, 6.45) is 1.90. The minimum Gasteiger partial charge on any atom is -0.311 e. The van der Waals surface area contributed by atoms with Gasteiger partial charge in [0.25, 0.3) is 0 Å². The largest absolute Gasteiger partial charge is 0.311 e. The van der Waals surface area contributed by atoms with Crippen molar-refractivity contribution in [2.45, 2.75) is 47.2 Å². The zero-order valence-corrected chi connectivity index (χ0v) is 11.8. The number of nitrogens with one attached hydrogen (secondary N) is 1.